The van der Waals surface area contributed by atoms with Gasteiger partial charge in [0.1, 0.15) is 5.69 Å². The van der Waals surface area contributed by atoms with Gasteiger partial charge in [-0.25, -0.2) is 4.98 Å². The summed E-state index contributed by atoms with van der Waals surface area (Å²) in [5, 5.41) is 3.83. The van der Waals surface area contributed by atoms with Gasteiger partial charge in [-0.1, -0.05) is 22.9 Å². The van der Waals surface area contributed by atoms with Crippen molar-refractivity contribution in [3.05, 3.63) is 47.2 Å². The van der Waals surface area contributed by atoms with Crippen molar-refractivity contribution in [2.45, 2.75) is 0 Å². The van der Waals surface area contributed by atoms with Gasteiger partial charge in [-0.15, -0.1) is 0 Å². The summed E-state index contributed by atoms with van der Waals surface area (Å²) in [6.45, 7) is 0. The molecule has 3 N–H and O–H groups in total. The maximum atomic E-state index is 12.0. The average Bonchev–Trinajstić information content (AvgIpc) is 2.80. The van der Waals surface area contributed by atoms with Crippen molar-refractivity contribution in [2.75, 3.05) is 11.1 Å². The lowest BCUT2D eigenvalue weighted by atomic mass is 10.3. The van der Waals surface area contributed by atoms with Crippen LogP contribution in [0.1, 0.15) is 10.5 Å². The average molecular weight is 305 g/mol. The van der Waals surface area contributed by atoms with Crippen molar-refractivity contribution in [1.29, 1.82) is 0 Å². The third-order valence-corrected chi connectivity index (χ3v) is 3.76. The highest BCUT2D eigenvalue weighted by molar-refractivity contribution is 7.22. The summed E-state index contributed by atoms with van der Waals surface area (Å²) < 4.78 is 0.910. The minimum Gasteiger partial charge on any atom is -0.399 e. The Bertz CT molecular complexity index is 802. The number of hydrogen-bond acceptors (Lipinski definition) is 5. The van der Waals surface area contributed by atoms with E-state index in [0.29, 0.717) is 15.8 Å². The van der Waals surface area contributed by atoms with E-state index in [1.165, 1.54) is 23.6 Å². The minimum absolute atomic E-state index is 0.252. The molecule has 0 aliphatic rings. The Hall–Kier alpha value is -2.18. The molecule has 0 spiro atoms. The minimum atomic E-state index is -0.345. The number of anilines is 2. The van der Waals surface area contributed by atoms with Gasteiger partial charge in [0.2, 0.25) is 0 Å². The van der Waals surface area contributed by atoms with Gasteiger partial charge >= 0.3 is 0 Å². The highest BCUT2D eigenvalue weighted by atomic mass is 35.5. The molecule has 0 radical (unpaired) electrons. The summed E-state index contributed by atoms with van der Waals surface area (Å²) in [4.78, 5) is 20.3. The number of nitrogens with two attached hydrogens (primary N) is 1. The molecule has 1 amide bonds. The second kappa shape index (κ2) is 5.07. The lowest BCUT2D eigenvalue weighted by Gasteiger charge is -2.01. The molecule has 0 unspecified atom stereocenters. The molecule has 0 bridgehead atoms. The molecule has 0 atom stereocenters. The van der Waals surface area contributed by atoms with Gasteiger partial charge in [0.25, 0.3) is 5.91 Å². The van der Waals surface area contributed by atoms with Crippen LogP contribution in [0.25, 0.3) is 10.2 Å². The maximum Gasteiger partial charge on any atom is 0.276 e. The van der Waals surface area contributed by atoms with E-state index in [1.807, 2.05) is 12.1 Å². The van der Waals surface area contributed by atoms with Crippen molar-refractivity contribution in [3.8, 4) is 0 Å². The summed E-state index contributed by atoms with van der Waals surface area (Å²) in [6.07, 6.45) is 1.49. The van der Waals surface area contributed by atoms with E-state index in [4.69, 9.17) is 17.3 Å². The number of thiazole rings is 1. The van der Waals surface area contributed by atoms with E-state index in [0.717, 1.165) is 10.2 Å². The number of pyridine rings is 1. The first-order valence-electron chi connectivity index (χ1n) is 5.71. The number of aromatic nitrogens is 2. The Morgan fingerprint density at radius 1 is 1.30 bits per heavy atom. The first kappa shape index (κ1) is 12.8. The maximum absolute atomic E-state index is 12.0. The molecule has 100 valence electrons. The molecule has 2 aromatic heterocycles. The van der Waals surface area contributed by atoms with Gasteiger partial charge in [0.05, 0.1) is 10.2 Å². The number of carbonyl (C=O) groups excluding carboxylic acids is 1. The van der Waals surface area contributed by atoms with Gasteiger partial charge in [-0.2, -0.15) is 0 Å². The fourth-order valence-corrected chi connectivity index (χ4v) is 2.82. The van der Waals surface area contributed by atoms with Crippen LogP contribution < -0.4 is 11.1 Å². The Morgan fingerprint density at radius 3 is 2.95 bits per heavy atom. The van der Waals surface area contributed by atoms with Gasteiger partial charge < -0.3 is 5.73 Å². The van der Waals surface area contributed by atoms with E-state index in [2.05, 4.69) is 15.3 Å². The quantitative estimate of drug-likeness (QED) is 0.762. The summed E-state index contributed by atoms with van der Waals surface area (Å²) in [6, 6.07) is 8.51. The van der Waals surface area contributed by atoms with Crippen LogP contribution in [0.4, 0.5) is 10.8 Å². The topological polar surface area (TPSA) is 80.9 Å². The van der Waals surface area contributed by atoms with Crippen LogP contribution >= 0.6 is 22.9 Å². The van der Waals surface area contributed by atoms with Gasteiger partial charge in [-0.05, 0) is 30.3 Å². The molecule has 3 aromatic rings. The van der Waals surface area contributed by atoms with Crippen molar-refractivity contribution in [3.63, 3.8) is 0 Å². The predicted octanol–water partition coefficient (Wildman–Crippen LogP) is 3.18. The van der Waals surface area contributed by atoms with E-state index < -0.39 is 0 Å². The molecule has 0 saturated heterocycles. The molecule has 20 heavy (non-hydrogen) atoms. The number of amides is 1. The first-order valence-corrected chi connectivity index (χ1v) is 6.90. The number of nitrogen functional groups attached to an aromatic ring is 1. The highest BCUT2D eigenvalue weighted by Gasteiger charge is 2.11. The standard InChI is InChI=1S/C13H9ClN4OS/c14-7-1-2-9-11(5-7)20-13(17-9)18-12(19)10-6-8(15)3-4-16-10/h1-6H,(H2,15,16)(H,17,18,19). The van der Waals surface area contributed by atoms with Crippen LogP contribution in [0.15, 0.2) is 36.5 Å². The van der Waals surface area contributed by atoms with Crippen LogP contribution in [-0.2, 0) is 0 Å². The number of halogens is 1. The Balaban J connectivity index is 1.87. The summed E-state index contributed by atoms with van der Waals surface area (Å²) in [7, 11) is 0. The number of rotatable bonds is 2. The number of carbonyl (C=O) groups is 1. The van der Waals surface area contributed by atoms with Crippen molar-refractivity contribution in [2.24, 2.45) is 0 Å². The van der Waals surface area contributed by atoms with E-state index in [1.54, 1.807) is 12.1 Å². The third-order valence-electron chi connectivity index (χ3n) is 2.59. The summed E-state index contributed by atoms with van der Waals surface area (Å²) in [5.74, 6) is -0.345. The lowest BCUT2D eigenvalue weighted by Crippen LogP contribution is -2.13. The van der Waals surface area contributed by atoms with E-state index in [-0.39, 0.29) is 11.6 Å². The molecule has 3 rings (SSSR count). The zero-order valence-electron chi connectivity index (χ0n) is 10.1. The molecular weight excluding hydrogens is 296 g/mol. The smallest absolute Gasteiger partial charge is 0.276 e. The third kappa shape index (κ3) is 2.56. The second-order valence-corrected chi connectivity index (χ2v) is 5.53. The molecule has 0 aliphatic carbocycles. The molecule has 0 saturated carbocycles. The number of nitrogens with zero attached hydrogens (tertiary/aromatic N) is 2. The zero-order chi connectivity index (χ0) is 14.1. The Kier molecular flexibility index (Phi) is 3.25. The predicted molar refractivity (Wildman–Crippen MR) is 81.2 cm³/mol. The second-order valence-electron chi connectivity index (χ2n) is 4.06. The normalized spacial score (nSPS) is 10.7. The van der Waals surface area contributed by atoms with Gasteiger partial charge in [-0.3, -0.25) is 15.1 Å². The van der Waals surface area contributed by atoms with Crippen LogP contribution in [0.5, 0.6) is 0 Å². The SMILES string of the molecule is Nc1ccnc(C(=O)Nc2nc3ccc(Cl)cc3s2)c1. The molecule has 1 aromatic carbocycles. The van der Waals surface area contributed by atoms with Crippen molar-refractivity contribution >= 4 is 49.9 Å². The number of benzene rings is 1. The summed E-state index contributed by atoms with van der Waals surface area (Å²) >= 11 is 7.27. The molecule has 2 heterocycles. The van der Waals surface area contributed by atoms with Gasteiger partial charge in [0.15, 0.2) is 5.13 Å². The van der Waals surface area contributed by atoms with E-state index >= 15 is 0 Å². The van der Waals surface area contributed by atoms with Crippen LogP contribution in [0, 0.1) is 0 Å². The van der Waals surface area contributed by atoms with Crippen molar-refractivity contribution < 1.29 is 4.79 Å². The number of fused-ring (bicyclic) bond motifs is 1. The largest absolute Gasteiger partial charge is 0.399 e. The first-order chi connectivity index (χ1) is 9.61. The number of hydrogen-bond donors (Lipinski definition) is 2. The highest BCUT2D eigenvalue weighted by Crippen LogP contribution is 2.28. The molecule has 7 heteroatoms. The Morgan fingerprint density at radius 2 is 2.15 bits per heavy atom. The Labute approximate surface area is 123 Å². The molecule has 0 aliphatic heterocycles. The van der Waals surface area contributed by atoms with E-state index in [9.17, 15) is 4.79 Å². The molecule has 0 fully saturated rings. The van der Waals surface area contributed by atoms with Crippen LogP contribution in [-0.4, -0.2) is 15.9 Å². The summed E-state index contributed by atoms with van der Waals surface area (Å²) in [5.41, 5.74) is 7.15. The van der Waals surface area contributed by atoms with Crippen LogP contribution in [0.3, 0.4) is 0 Å². The fraction of sp³-hybridized carbons (Fsp3) is 0. The monoisotopic (exact) mass is 304 g/mol. The van der Waals surface area contributed by atoms with Gasteiger partial charge in [0, 0.05) is 16.9 Å². The molecular formula is C13H9ClN4OS. The number of nitrogens with one attached hydrogen (secondary N) is 1. The zero-order valence-corrected chi connectivity index (χ0v) is 11.7. The lowest BCUT2D eigenvalue weighted by molar-refractivity contribution is 0.102. The van der Waals surface area contributed by atoms with Crippen LogP contribution in [0.2, 0.25) is 5.02 Å². The molecule has 5 nitrogen and oxygen atoms in total. The fourth-order valence-electron chi connectivity index (χ4n) is 1.68. The van der Waals surface area contributed by atoms with Crippen molar-refractivity contribution in [1.82, 2.24) is 9.97 Å².